The Morgan fingerprint density at radius 3 is 2.50 bits per heavy atom. The number of methoxy groups -OCH3 is 2. The zero-order valence-electron chi connectivity index (χ0n) is 27.5. The van der Waals surface area contributed by atoms with E-state index in [0.29, 0.717) is 66.3 Å². The first-order valence-electron chi connectivity index (χ1n) is 15.8. The van der Waals surface area contributed by atoms with E-state index in [2.05, 4.69) is 23.5 Å². The van der Waals surface area contributed by atoms with E-state index in [4.69, 9.17) is 30.8 Å². The van der Waals surface area contributed by atoms with Crippen molar-refractivity contribution in [3.8, 4) is 17.2 Å². The number of fused-ring (bicyclic) bond motifs is 2. The first kappa shape index (κ1) is 32.9. The molecule has 0 saturated carbocycles. The predicted molar refractivity (Wildman–Crippen MR) is 198 cm³/mol. The van der Waals surface area contributed by atoms with E-state index in [9.17, 15) is 9.59 Å². The fourth-order valence-electron chi connectivity index (χ4n) is 6.14. The molecule has 5 aromatic carbocycles. The number of hydrogen-bond donors (Lipinski definition) is 1. The molecule has 50 heavy (non-hydrogen) atoms. The van der Waals surface area contributed by atoms with Gasteiger partial charge in [0.15, 0.2) is 16.3 Å². The van der Waals surface area contributed by atoms with Crippen LogP contribution in [0.1, 0.15) is 29.7 Å². The number of amides is 1. The van der Waals surface area contributed by atoms with E-state index >= 15 is 0 Å². The number of anilines is 1. The molecule has 8 nitrogen and oxygen atoms in total. The number of benzene rings is 5. The molecule has 2 heterocycles. The summed E-state index contributed by atoms with van der Waals surface area (Å²) in [5, 5.41) is 5.53. The van der Waals surface area contributed by atoms with Crippen molar-refractivity contribution in [3.05, 3.63) is 162 Å². The van der Waals surface area contributed by atoms with Gasteiger partial charge in [-0.2, -0.15) is 0 Å². The topological polar surface area (TPSA) is 91.2 Å². The van der Waals surface area contributed by atoms with Crippen molar-refractivity contribution >= 4 is 51.4 Å². The van der Waals surface area contributed by atoms with Gasteiger partial charge in [-0.3, -0.25) is 14.2 Å². The van der Waals surface area contributed by atoms with Gasteiger partial charge in [-0.15, -0.1) is 0 Å². The van der Waals surface area contributed by atoms with E-state index in [-0.39, 0.29) is 11.5 Å². The van der Waals surface area contributed by atoms with E-state index in [1.54, 1.807) is 43.9 Å². The Kier molecular flexibility index (Phi) is 9.25. The van der Waals surface area contributed by atoms with Gasteiger partial charge in [-0.1, -0.05) is 95.7 Å². The number of aromatic nitrogens is 1. The van der Waals surface area contributed by atoms with Crippen LogP contribution < -0.4 is 34.4 Å². The van der Waals surface area contributed by atoms with Gasteiger partial charge in [-0.25, -0.2) is 4.99 Å². The highest BCUT2D eigenvalue weighted by Gasteiger charge is 2.33. The molecule has 250 valence electrons. The van der Waals surface area contributed by atoms with Crippen molar-refractivity contribution in [1.29, 1.82) is 0 Å². The average Bonchev–Trinajstić information content (AvgIpc) is 3.43. The minimum Gasteiger partial charge on any atom is -0.497 e. The van der Waals surface area contributed by atoms with E-state index < -0.39 is 6.04 Å². The standard InChI is InChI=1S/C40H32ClN3O5S/c1-24-35(38(45)43-29-15-5-4-6-16-29)36(27-13-10-17-30(22-27)47-2)44-39(46)34(50-40(44)42-24)21-25-19-32(41)37(33(20-25)48-3)49-23-28-14-9-12-26-11-7-8-18-31(26)28/h4-22,36H,23H2,1-3H3,(H,43,45)/b34-21-/t36-/m0/s1. The lowest BCUT2D eigenvalue weighted by molar-refractivity contribution is -0.113. The Labute approximate surface area is 297 Å². The fraction of sp³-hybridized carbons (Fsp3) is 0.125. The van der Waals surface area contributed by atoms with Crippen LogP contribution in [0.4, 0.5) is 5.69 Å². The number of para-hydroxylation sites is 1. The summed E-state index contributed by atoms with van der Waals surface area (Å²) in [6.45, 7) is 2.07. The van der Waals surface area contributed by atoms with Crippen LogP contribution in [-0.2, 0) is 11.4 Å². The van der Waals surface area contributed by atoms with Crippen molar-refractivity contribution in [3.63, 3.8) is 0 Å². The first-order valence-corrected chi connectivity index (χ1v) is 17.0. The van der Waals surface area contributed by atoms with Crippen molar-refractivity contribution in [1.82, 2.24) is 4.57 Å². The third-order valence-corrected chi connectivity index (χ3v) is 9.77. The third kappa shape index (κ3) is 6.41. The Bertz CT molecular complexity index is 2470. The van der Waals surface area contributed by atoms with E-state index in [0.717, 1.165) is 16.3 Å². The van der Waals surface area contributed by atoms with Crippen LogP contribution in [-0.4, -0.2) is 24.7 Å². The van der Waals surface area contributed by atoms with Crippen LogP contribution in [0.15, 0.2) is 130 Å². The Hall–Kier alpha value is -5.64. The number of rotatable bonds is 9. The Balaban J connectivity index is 1.27. The zero-order valence-corrected chi connectivity index (χ0v) is 29.0. The van der Waals surface area contributed by atoms with Crippen LogP contribution >= 0.6 is 22.9 Å². The molecule has 1 aliphatic heterocycles. The van der Waals surface area contributed by atoms with Gasteiger partial charge >= 0.3 is 0 Å². The van der Waals surface area contributed by atoms with Crippen molar-refractivity contribution in [2.45, 2.75) is 19.6 Å². The van der Waals surface area contributed by atoms with Crippen molar-refractivity contribution in [2.24, 2.45) is 4.99 Å². The van der Waals surface area contributed by atoms with Crippen molar-refractivity contribution in [2.75, 3.05) is 19.5 Å². The summed E-state index contributed by atoms with van der Waals surface area (Å²) in [4.78, 5) is 33.4. The average molecular weight is 702 g/mol. The number of hydrogen-bond acceptors (Lipinski definition) is 7. The molecule has 7 rings (SSSR count). The molecule has 0 fully saturated rings. The van der Waals surface area contributed by atoms with Gasteiger partial charge in [-0.05, 0) is 76.9 Å². The second kappa shape index (κ2) is 14.1. The molecular weight excluding hydrogens is 670 g/mol. The maximum atomic E-state index is 14.3. The monoisotopic (exact) mass is 701 g/mol. The van der Waals surface area contributed by atoms with Crippen LogP contribution in [0.5, 0.6) is 17.2 Å². The second-order valence-electron chi connectivity index (χ2n) is 11.6. The molecule has 0 bridgehead atoms. The fourth-order valence-corrected chi connectivity index (χ4v) is 7.46. The summed E-state index contributed by atoms with van der Waals surface area (Å²) in [6, 6.07) is 33.5. The molecule has 0 spiro atoms. The number of carbonyl (C=O) groups excluding carboxylic acids is 1. The lowest BCUT2D eigenvalue weighted by atomic mass is 9.95. The van der Waals surface area contributed by atoms with Crippen molar-refractivity contribution < 1.29 is 19.0 Å². The molecule has 1 N–H and O–H groups in total. The molecular formula is C40H32ClN3O5S. The quantitative estimate of drug-likeness (QED) is 0.171. The highest BCUT2D eigenvalue weighted by molar-refractivity contribution is 7.07. The minimum absolute atomic E-state index is 0.291. The van der Waals surface area contributed by atoms with Gasteiger partial charge in [0, 0.05) is 5.69 Å². The number of nitrogens with one attached hydrogen (secondary N) is 1. The lowest BCUT2D eigenvalue weighted by Crippen LogP contribution is -2.40. The van der Waals surface area contributed by atoms with Crippen LogP contribution in [0, 0.1) is 0 Å². The zero-order chi connectivity index (χ0) is 34.8. The van der Waals surface area contributed by atoms with Gasteiger partial charge in [0.1, 0.15) is 12.4 Å². The Morgan fingerprint density at radius 2 is 1.70 bits per heavy atom. The highest BCUT2D eigenvalue weighted by atomic mass is 35.5. The van der Waals surface area contributed by atoms with Gasteiger partial charge in [0.2, 0.25) is 0 Å². The molecule has 0 radical (unpaired) electrons. The third-order valence-electron chi connectivity index (χ3n) is 8.51. The lowest BCUT2D eigenvalue weighted by Gasteiger charge is -2.25. The normalized spacial score (nSPS) is 14.2. The van der Waals surface area contributed by atoms with Crippen LogP contribution in [0.3, 0.4) is 0 Å². The molecule has 10 heteroatoms. The number of ether oxygens (including phenoxy) is 3. The predicted octanol–water partition coefficient (Wildman–Crippen LogP) is 7.28. The number of thiazole rings is 1. The summed E-state index contributed by atoms with van der Waals surface area (Å²) in [7, 11) is 3.13. The van der Waals surface area contributed by atoms with Gasteiger partial charge in [0.05, 0.1) is 41.1 Å². The number of nitrogens with zero attached hydrogens (tertiary/aromatic N) is 2. The molecule has 1 atom stereocenters. The maximum Gasteiger partial charge on any atom is 0.271 e. The second-order valence-corrected chi connectivity index (χ2v) is 13.1. The van der Waals surface area contributed by atoms with E-state index in [1.807, 2.05) is 78.9 Å². The highest BCUT2D eigenvalue weighted by Crippen LogP contribution is 2.38. The summed E-state index contributed by atoms with van der Waals surface area (Å²) in [5.74, 6) is 1.09. The molecule has 1 aliphatic rings. The molecule has 0 saturated heterocycles. The number of halogens is 1. The van der Waals surface area contributed by atoms with Gasteiger partial charge in [0.25, 0.3) is 11.5 Å². The molecule has 6 aromatic rings. The summed E-state index contributed by atoms with van der Waals surface area (Å²) < 4.78 is 19.4. The van der Waals surface area contributed by atoms with Crippen LogP contribution in [0.25, 0.3) is 16.8 Å². The van der Waals surface area contributed by atoms with E-state index in [1.165, 1.54) is 11.3 Å². The Morgan fingerprint density at radius 1 is 0.940 bits per heavy atom. The smallest absolute Gasteiger partial charge is 0.271 e. The molecule has 0 aliphatic carbocycles. The number of allylic oxidation sites excluding steroid dienone is 1. The van der Waals surface area contributed by atoms with Crippen LogP contribution in [0.2, 0.25) is 5.02 Å². The molecule has 1 aromatic heterocycles. The molecule has 1 amide bonds. The first-order chi connectivity index (χ1) is 24.3. The summed E-state index contributed by atoms with van der Waals surface area (Å²) in [5.41, 5.74) is 3.58. The maximum absolute atomic E-state index is 14.3. The SMILES string of the molecule is COc1cccc([C@H]2C(C(=O)Nc3ccccc3)=C(C)N=c3s/c(=C\c4cc(Cl)c(OCc5cccc6ccccc56)c(OC)c4)c(=O)n32)c1. The van der Waals surface area contributed by atoms with Gasteiger partial charge < -0.3 is 19.5 Å². The minimum atomic E-state index is -0.754. The largest absolute Gasteiger partial charge is 0.497 e. The summed E-state index contributed by atoms with van der Waals surface area (Å²) in [6.07, 6.45) is 1.75. The molecule has 0 unspecified atom stereocenters. The summed E-state index contributed by atoms with van der Waals surface area (Å²) >= 11 is 8.02. The number of carbonyl (C=O) groups is 1.